The molecule has 0 fully saturated rings. The van der Waals surface area contributed by atoms with Gasteiger partial charge in [0.05, 0.1) is 13.0 Å². The molecule has 124 valence electrons. The third-order valence-corrected chi connectivity index (χ3v) is 2.75. The Morgan fingerprint density at radius 3 is 2.14 bits per heavy atom. The van der Waals surface area contributed by atoms with Crippen molar-refractivity contribution in [3.05, 3.63) is 0 Å². The van der Waals surface area contributed by atoms with Gasteiger partial charge >= 0.3 is 5.97 Å². The zero-order chi connectivity index (χ0) is 16.6. The summed E-state index contributed by atoms with van der Waals surface area (Å²) >= 11 is 0. The third kappa shape index (κ3) is 11.3. The Kier molecular flexibility index (Phi) is 8.55. The number of hydrogen-bond donors (Lipinski definition) is 1. The average Bonchev–Trinajstić information content (AvgIpc) is 2.24. The molecule has 21 heavy (non-hydrogen) atoms. The average molecular weight is 300 g/mol. The summed E-state index contributed by atoms with van der Waals surface area (Å²) in [5.74, 6) is 0.181. The Labute approximate surface area is 129 Å². The molecule has 0 saturated carbocycles. The van der Waals surface area contributed by atoms with E-state index in [-0.39, 0.29) is 18.3 Å². The van der Waals surface area contributed by atoms with Gasteiger partial charge in [-0.25, -0.2) is 0 Å². The summed E-state index contributed by atoms with van der Waals surface area (Å²) in [4.78, 5) is 25.6. The van der Waals surface area contributed by atoms with Crippen molar-refractivity contribution in [2.75, 3.05) is 19.6 Å². The van der Waals surface area contributed by atoms with Crippen molar-refractivity contribution in [3.8, 4) is 0 Å². The highest BCUT2D eigenvalue weighted by Crippen LogP contribution is 2.07. The van der Waals surface area contributed by atoms with Crippen LogP contribution < -0.4 is 5.32 Å². The Hall–Kier alpha value is -1.10. The molecule has 0 aliphatic carbocycles. The maximum absolute atomic E-state index is 11.9. The van der Waals surface area contributed by atoms with Gasteiger partial charge in [-0.3, -0.25) is 14.5 Å². The molecule has 5 nitrogen and oxygen atoms in total. The molecule has 1 N–H and O–H groups in total. The molecule has 0 aliphatic heterocycles. The van der Waals surface area contributed by atoms with Gasteiger partial charge in [-0.05, 0) is 40.5 Å². The van der Waals surface area contributed by atoms with Gasteiger partial charge in [0.2, 0.25) is 5.91 Å². The van der Waals surface area contributed by atoms with Crippen molar-refractivity contribution in [1.82, 2.24) is 10.2 Å². The number of rotatable bonds is 8. The Bertz CT molecular complexity index is 333. The number of amides is 1. The van der Waals surface area contributed by atoms with Crippen LogP contribution in [-0.4, -0.2) is 48.1 Å². The summed E-state index contributed by atoms with van der Waals surface area (Å²) in [6, 6.07) is 0.323. The molecule has 0 aromatic carbocycles. The van der Waals surface area contributed by atoms with Gasteiger partial charge in [-0.15, -0.1) is 0 Å². The lowest BCUT2D eigenvalue weighted by atomic mass is 10.2. The number of carbonyl (C=O) groups excluding carboxylic acids is 2. The van der Waals surface area contributed by atoms with E-state index < -0.39 is 5.60 Å². The molecular weight excluding hydrogens is 268 g/mol. The second kappa shape index (κ2) is 9.03. The standard InChI is InChI=1S/C16H32N2O3/c1-12(2)10-18(13(3)4)11-14(19)17-9-8-15(20)21-16(5,6)7/h12-13H,8-11H2,1-7H3,(H,17,19). The maximum Gasteiger partial charge on any atom is 0.308 e. The fourth-order valence-electron chi connectivity index (χ4n) is 1.86. The first-order chi connectivity index (χ1) is 9.51. The summed E-state index contributed by atoms with van der Waals surface area (Å²) in [6.45, 7) is 15.5. The number of hydrogen-bond acceptors (Lipinski definition) is 4. The van der Waals surface area contributed by atoms with Crippen LogP contribution in [0.25, 0.3) is 0 Å². The minimum atomic E-state index is -0.479. The van der Waals surface area contributed by atoms with Crippen LogP contribution in [-0.2, 0) is 14.3 Å². The van der Waals surface area contributed by atoms with E-state index in [1.54, 1.807) is 0 Å². The fourth-order valence-corrected chi connectivity index (χ4v) is 1.86. The molecule has 0 unspecified atom stereocenters. The Balaban J connectivity index is 4.06. The summed E-state index contributed by atoms with van der Waals surface area (Å²) < 4.78 is 5.19. The van der Waals surface area contributed by atoms with Crippen molar-refractivity contribution in [3.63, 3.8) is 0 Å². The van der Waals surface area contributed by atoms with E-state index in [4.69, 9.17) is 4.74 Å². The third-order valence-electron chi connectivity index (χ3n) is 2.75. The van der Waals surface area contributed by atoms with Gasteiger partial charge in [-0.1, -0.05) is 13.8 Å². The molecule has 0 rings (SSSR count). The van der Waals surface area contributed by atoms with Gasteiger partial charge in [-0.2, -0.15) is 0 Å². The topological polar surface area (TPSA) is 58.6 Å². The van der Waals surface area contributed by atoms with E-state index in [0.717, 1.165) is 6.54 Å². The monoisotopic (exact) mass is 300 g/mol. The Morgan fingerprint density at radius 1 is 1.14 bits per heavy atom. The first-order valence-corrected chi connectivity index (χ1v) is 7.74. The summed E-state index contributed by atoms with van der Waals surface area (Å²) in [6.07, 6.45) is 0.203. The highest BCUT2D eigenvalue weighted by Gasteiger charge is 2.17. The van der Waals surface area contributed by atoms with E-state index in [1.165, 1.54) is 0 Å². The molecule has 1 amide bonds. The molecule has 0 aliphatic rings. The van der Waals surface area contributed by atoms with Crippen molar-refractivity contribution < 1.29 is 14.3 Å². The zero-order valence-electron chi connectivity index (χ0n) is 14.7. The zero-order valence-corrected chi connectivity index (χ0v) is 14.7. The predicted molar refractivity (Wildman–Crippen MR) is 85.0 cm³/mol. The summed E-state index contributed by atoms with van der Waals surface area (Å²) in [7, 11) is 0. The lowest BCUT2D eigenvalue weighted by Crippen LogP contribution is -2.43. The van der Waals surface area contributed by atoms with Gasteiger partial charge in [0.15, 0.2) is 0 Å². The predicted octanol–water partition coefficient (Wildman–Crippen LogP) is 2.20. The molecular formula is C16H32N2O3. The van der Waals surface area contributed by atoms with Crippen LogP contribution in [0.2, 0.25) is 0 Å². The van der Waals surface area contributed by atoms with Crippen LogP contribution >= 0.6 is 0 Å². The van der Waals surface area contributed by atoms with Crippen molar-refractivity contribution in [2.24, 2.45) is 5.92 Å². The van der Waals surface area contributed by atoms with Gasteiger partial charge in [0.1, 0.15) is 5.60 Å². The minimum absolute atomic E-state index is 0.0482. The fraction of sp³-hybridized carbons (Fsp3) is 0.875. The highest BCUT2D eigenvalue weighted by atomic mass is 16.6. The Morgan fingerprint density at radius 2 is 1.71 bits per heavy atom. The van der Waals surface area contributed by atoms with Crippen molar-refractivity contribution >= 4 is 11.9 Å². The quantitative estimate of drug-likeness (QED) is 0.698. The number of nitrogens with zero attached hydrogens (tertiary/aromatic N) is 1. The molecule has 0 aromatic rings. The molecule has 0 aromatic heterocycles. The SMILES string of the molecule is CC(C)CN(CC(=O)NCCC(=O)OC(C)(C)C)C(C)C. The second-order valence-corrected chi connectivity index (χ2v) is 7.10. The molecule has 0 spiro atoms. The van der Waals surface area contributed by atoms with Crippen LogP contribution in [0.5, 0.6) is 0 Å². The van der Waals surface area contributed by atoms with Crippen LogP contribution in [0.15, 0.2) is 0 Å². The van der Waals surface area contributed by atoms with Gasteiger partial charge in [0, 0.05) is 19.1 Å². The summed E-state index contributed by atoms with van der Waals surface area (Å²) in [5.41, 5.74) is -0.479. The van der Waals surface area contributed by atoms with E-state index in [9.17, 15) is 9.59 Å². The first kappa shape index (κ1) is 19.9. The van der Waals surface area contributed by atoms with Crippen LogP contribution in [0.3, 0.4) is 0 Å². The normalized spacial score (nSPS) is 12.1. The number of carbonyl (C=O) groups is 2. The lowest BCUT2D eigenvalue weighted by Gasteiger charge is -2.27. The van der Waals surface area contributed by atoms with Gasteiger partial charge in [0.25, 0.3) is 0 Å². The van der Waals surface area contributed by atoms with E-state index in [1.807, 2.05) is 20.8 Å². The first-order valence-electron chi connectivity index (χ1n) is 7.74. The summed E-state index contributed by atoms with van der Waals surface area (Å²) in [5, 5.41) is 2.78. The highest BCUT2D eigenvalue weighted by molar-refractivity contribution is 5.79. The van der Waals surface area contributed by atoms with Crippen LogP contribution in [0.1, 0.15) is 54.9 Å². The molecule has 5 heteroatoms. The molecule has 0 heterocycles. The van der Waals surface area contributed by atoms with E-state index in [0.29, 0.717) is 25.0 Å². The molecule has 0 bridgehead atoms. The smallest absolute Gasteiger partial charge is 0.308 e. The van der Waals surface area contributed by atoms with E-state index in [2.05, 4.69) is 37.9 Å². The molecule has 0 atom stereocenters. The van der Waals surface area contributed by atoms with Crippen molar-refractivity contribution in [1.29, 1.82) is 0 Å². The number of ether oxygens (including phenoxy) is 1. The lowest BCUT2D eigenvalue weighted by molar-refractivity contribution is -0.154. The molecule has 0 saturated heterocycles. The van der Waals surface area contributed by atoms with Gasteiger partial charge < -0.3 is 10.1 Å². The second-order valence-electron chi connectivity index (χ2n) is 7.10. The molecule has 0 radical (unpaired) electrons. The van der Waals surface area contributed by atoms with Crippen LogP contribution in [0.4, 0.5) is 0 Å². The minimum Gasteiger partial charge on any atom is -0.460 e. The largest absolute Gasteiger partial charge is 0.460 e. The maximum atomic E-state index is 11.9. The van der Waals surface area contributed by atoms with Crippen molar-refractivity contribution in [2.45, 2.75) is 66.5 Å². The van der Waals surface area contributed by atoms with Crippen LogP contribution in [0, 0.1) is 5.92 Å². The van der Waals surface area contributed by atoms with E-state index >= 15 is 0 Å². The number of nitrogens with one attached hydrogen (secondary N) is 1. The number of esters is 1.